The van der Waals surface area contributed by atoms with Crippen molar-refractivity contribution in [2.75, 3.05) is 11.3 Å². The molecule has 1 heterocycles. The Morgan fingerprint density at radius 3 is 2.39 bits per heavy atom. The van der Waals surface area contributed by atoms with E-state index in [1.807, 2.05) is 6.07 Å². The molecule has 0 saturated heterocycles. The molecule has 0 spiro atoms. The van der Waals surface area contributed by atoms with Crippen LogP contribution in [-0.2, 0) is 17.1 Å². The standard InChI is InChI=1S/C24H30N4O4S/c1-5-6-10-15-25-23(29)21-16-20(14-13-17(21)2)33(31,32)26-22-18(3)27(4)28(24(22)30)19-11-8-7-9-12-19/h7-9,11-14,16,26H,5-6,10,15H2,1-4H3,(H,25,29). The molecule has 33 heavy (non-hydrogen) atoms. The van der Waals surface area contributed by atoms with Gasteiger partial charge in [-0.25, -0.2) is 13.1 Å². The van der Waals surface area contributed by atoms with Crippen molar-refractivity contribution in [2.45, 2.75) is 44.9 Å². The maximum Gasteiger partial charge on any atom is 0.296 e. The van der Waals surface area contributed by atoms with Crippen molar-refractivity contribution < 1.29 is 13.2 Å². The van der Waals surface area contributed by atoms with Crippen LogP contribution in [0.3, 0.4) is 0 Å². The first-order valence-corrected chi connectivity index (χ1v) is 12.4. The maximum absolute atomic E-state index is 13.1. The zero-order valence-electron chi connectivity index (χ0n) is 19.4. The number of nitrogens with one attached hydrogen (secondary N) is 2. The van der Waals surface area contributed by atoms with Gasteiger partial charge in [0.05, 0.1) is 16.3 Å². The molecule has 0 bridgehead atoms. The molecular formula is C24H30N4O4S. The van der Waals surface area contributed by atoms with Gasteiger partial charge in [-0.1, -0.05) is 44.0 Å². The number of aryl methyl sites for hydroxylation is 1. The average Bonchev–Trinajstić information content (AvgIpc) is 3.00. The van der Waals surface area contributed by atoms with Crippen LogP contribution >= 0.6 is 0 Å². The molecule has 0 unspecified atom stereocenters. The number of carbonyl (C=O) groups excluding carboxylic acids is 1. The van der Waals surface area contributed by atoms with E-state index in [1.54, 1.807) is 55.9 Å². The van der Waals surface area contributed by atoms with E-state index in [0.29, 0.717) is 29.1 Å². The molecule has 176 valence electrons. The number of para-hydroxylation sites is 1. The molecule has 1 aromatic heterocycles. The van der Waals surface area contributed by atoms with Crippen LogP contribution in [0.5, 0.6) is 0 Å². The number of sulfonamides is 1. The number of benzene rings is 2. The third-order valence-electron chi connectivity index (χ3n) is 5.62. The molecule has 0 aliphatic carbocycles. The summed E-state index contributed by atoms with van der Waals surface area (Å²) in [5.41, 5.74) is 1.53. The highest BCUT2D eigenvalue weighted by Gasteiger charge is 2.24. The van der Waals surface area contributed by atoms with Gasteiger partial charge in [-0.3, -0.25) is 19.0 Å². The largest absolute Gasteiger partial charge is 0.352 e. The van der Waals surface area contributed by atoms with Crippen molar-refractivity contribution in [1.82, 2.24) is 14.7 Å². The summed E-state index contributed by atoms with van der Waals surface area (Å²) in [5, 5.41) is 2.84. The van der Waals surface area contributed by atoms with Gasteiger partial charge in [-0.2, -0.15) is 0 Å². The van der Waals surface area contributed by atoms with Crippen LogP contribution in [0.2, 0.25) is 0 Å². The minimum atomic E-state index is -4.10. The van der Waals surface area contributed by atoms with Crippen molar-refractivity contribution in [1.29, 1.82) is 0 Å². The number of nitrogens with zero attached hydrogens (tertiary/aromatic N) is 2. The highest BCUT2D eigenvalue weighted by molar-refractivity contribution is 7.92. The fraction of sp³-hybridized carbons (Fsp3) is 0.333. The fourth-order valence-corrected chi connectivity index (χ4v) is 4.71. The average molecular weight is 471 g/mol. The molecule has 0 saturated carbocycles. The van der Waals surface area contributed by atoms with Crippen molar-refractivity contribution in [2.24, 2.45) is 7.05 Å². The molecule has 2 N–H and O–H groups in total. The van der Waals surface area contributed by atoms with E-state index in [0.717, 1.165) is 19.3 Å². The van der Waals surface area contributed by atoms with Gasteiger partial charge < -0.3 is 5.32 Å². The molecule has 8 nitrogen and oxygen atoms in total. The Bertz CT molecular complexity index is 1310. The van der Waals surface area contributed by atoms with E-state index in [4.69, 9.17) is 0 Å². The fourth-order valence-electron chi connectivity index (χ4n) is 3.56. The molecule has 0 atom stereocenters. The van der Waals surface area contributed by atoms with Gasteiger partial charge in [0.25, 0.3) is 21.5 Å². The molecule has 3 rings (SSSR count). The lowest BCUT2D eigenvalue weighted by Crippen LogP contribution is -2.26. The summed E-state index contributed by atoms with van der Waals surface area (Å²) in [6.07, 6.45) is 2.91. The van der Waals surface area contributed by atoms with E-state index < -0.39 is 15.6 Å². The number of aromatic nitrogens is 2. The summed E-state index contributed by atoms with van der Waals surface area (Å²) in [6, 6.07) is 13.3. The van der Waals surface area contributed by atoms with Crippen LogP contribution in [0.25, 0.3) is 5.69 Å². The molecular weight excluding hydrogens is 440 g/mol. The van der Waals surface area contributed by atoms with Gasteiger partial charge in [0, 0.05) is 19.2 Å². The third kappa shape index (κ3) is 5.19. The lowest BCUT2D eigenvalue weighted by Gasteiger charge is -2.11. The summed E-state index contributed by atoms with van der Waals surface area (Å²) < 4.78 is 31.7. The smallest absolute Gasteiger partial charge is 0.296 e. The second-order valence-corrected chi connectivity index (χ2v) is 9.66. The van der Waals surface area contributed by atoms with Crippen molar-refractivity contribution in [3.8, 4) is 5.69 Å². The first-order valence-electron chi connectivity index (χ1n) is 10.9. The molecule has 9 heteroatoms. The van der Waals surface area contributed by atoms with E-state index in [-0.39, 0.29) is 16.5 Å². The van der Waals surface area contributed by atoms with Gasteiger partial charge in [-0.05, 0) is 50.1 Å². The quantitative estimate of drug-likeness (QED) is 0.467. The number of hydrogen-bond donors (Lipinski definition) is 2. The Labute approximate surface area is 194 Å². The SMILES string of the molecule is CCCCCNC(=O)c1cc(S(=O)(=O)Nc2c(C)n(C)n(-c3ccccc3)c2=O)ccc1C. The Balaban J connectivity index is 1.92. The van der Waals surface area contributed by atoms with Crippen LogP contribution in [-0.4, -0.2) is 30.2 Å². The first kappa shape index (κ1) is 24.3. The number of anilines is 1. The third-order valence-corrected chi connectivity index (χ3v) is 6.97. The van der Waals surface area contributed by atoms with Crippen LogP contribution in [0, 0.1) is 13.8 Å². The van der Waals surface area contributed by atoms with Crippen LogP contribution < -0.4 is 15.6 Å². The van der Waals surface area contributed by atoms with E-state index in [9.17, 15) is 18.0 Å². The predicted molar refractivity (Wildman–Crippen MR) is 130 cm³/mol. The van der Waals surface area contributed by atoms with Crippen molar-refractivity contribution in [3.05, 3.63) is 75.7 Å². The summed E-state index contributed by atoms with van der Waals surface area (Å²) >= 11 is 0. The number of hydrogen-bond acceptors (Lipinski definition) is 4. The number of unbranched alkanes of at least 4 members (excludes halogenated alkanes) is 2. The summed E-state index contributed by atoms with van der Waals surface area (Å²) in [4.78, 5) is 25.6. The topological polar surface area (TPSA) is 102 Å². The molecule has 0 aliphatic rings. The first-order chi connectivity index (χ1) is 15.7. The van der Waals surface area contributed by atoms with Crippen molar-refractivity contribution in [3.63, 3.8) is 0 Å². The lowest BCUT2D eigenvalue weighted by atomic mass is 10.1. The highest BCUT2D eigenvalue weighted by Crippen LogP contribution is 2.21. The second-order valence-electron chi connectivity index (χ2n) is 7.98. The van der Waals surface area contributed by atoms with Gasteiger partial charge in [0.15, 0.2) is 0 Å². The Kier molecular flexibility index (Phi) is 7.43. The van der Waals surface area contributed by atoms with Gasteiger partial charge in [0.1, 0.15) is 5.69 Å². The molecule has 0 fully saturated rings. The highest BCUT2D eigenvalue weighted by atomic mass is 32.2. The minimum absolute atomic E-state index is 0.0347. The molecule has 3 aromatic rings. The molecule has 0 aliphatic heterocycles. The normalized spacial score (nSPS) is 11.4. The number of carbonyl (C=O) groups is 1. The monoisotopic (exact) mass is 470 g/mol. The van der Waals surface area contributed by atoms with Crippen molar-refractivity contribution >= 4 is 21.6 Å². The molecule has 0 radical (unpaired) electrons. The zero-order chi connectivity index (χ0) is 24.2. The minimum Gasteiger partial charge on any atom is -0.352 e. The Hall–Kier alpha value is -3.33. The van der Waals surface area contributed by atoms with Crippen LogP contribution in [0.15, 0.2) is 58.2 Å². The van der Waals surface area contributed by atoms with Crippen LogP contribution in [0.4, 0.5) is 5.69 Å². The summed E-state index contributed by atoms with van der Waals surface area (Å²) in [6.45, 7) is 6.04. The van der Waals surface area contributed by atoms with Gasteiger partial charge in [0.2, 0.25) is 0 Å². The van der Waals surface area contributed by atoms with Gasteiger partial charge >= 0.3 is 0 Å². The molecule has 1 amide bonds. The summed E-state index contributed by atoms with van der Waals surface area (Å²) in [5.74, 6) is -0.317. The van der Waals surface area contributed by atoms with E-state index >= 15 is 0 Å². The van der Waals surface area contributed by atoms with Crippen LogP contribution in [0.1, 0.15) is 47.8 Å². The van der Waals surface area contributed by atoms with E-state index in [1.165, 1.54) is 16.8 Å². The Morgan fingerprint density at radius 1 is 1.03 bits per heavy atom. The van der Waals surface area contributed by atoms with E-state index in [2.05, 4.69) is 17.0 Å². The summed E-state index contributed by atoms with van der Waals surface area (Å²) in [7, 11) is -2.41. The maximum atomic E-state index is 13.1. The zero-order valence-corrected chi connectivity index (χ0v) is 20.2. The second kappa shape index (κ2) is 10.1. The van der Waals surface area contributed by atoms with Gasteiger partial charge in [-0.15, -0.1) is 0 Å². The lowest BCUT2D eigenvalue weighted by molar-refractivity contribution is 0.0952. The predicted octanol–water partition coefficient (Wildman–Crippen LogP) is 3.51. The Morgan fingerprint density at radius 2 is 1.73 bits per heavy atom. The number of rotatable bonds is 9. The molecule has 2 aromatic carbocycles. The number of amides is 1.